The van der Waals surface area contributed by atoms with Gasteiger partial charge in [0.25, 0.3) is 0 Å². The lowest BCUT2D eigenvalue weighted by atomic mass is 9.76. The standard InChI is InChI=1S/C14H30N2O/c1-5-11-6-7-12(9-15)13(8-11)16(4)10-14(2,3)17/h11-13,17H,5-10,15H2,1-4H3. The van der Waals surface area contributed by atoms with Crippen LogP contribution in [0.25, 0.3) is 0 Å². The van der Waals surface area contributed by atoms with Crippen LogP contribution in [-0.4, -0.2) is 41.8 Å². The van der Waals surface area contributed by atoms with Gasteiger partial charge in [-0.25, -0.2) is 0 Å². The average molecular weight is 242 g/mol. The van der Waals surface area contributed by atoms with E-state index in [2.05, 4.69) is 18.9 Å². The lowest BCUT2D eigenvalue weighted by Gasteiger charge is -2.42. The Morgan fingerprint density at radius 2 is 2.00 bits per heavy atom. The third-order valence-electron chi connectivity index (χ3n) is 4.15. The molecule has 1 saturated carbocycles. The third-order valence-corrected chi connectivity index (χ3v) is 4.15. The maximum atomic E-state index is 9.93. The summed E-state index contributed by atoms with van der Waals surface area (Å²) in [4.78, 5) is 2.32. The van der Waals surface area contributed by atoms with E-state index in [0.29, 0.717) is 12.0 Å². The highest BCUT2D eigenvalue weighted by Crippen LogP contribution is 2.33. The van der Waals surface area contributed by atoms with Gasteiger partial charge in [0.2, 0.25) is 0 Å². The Morgan fingerprint density at radius 3 is 2.47 bits per heavy atom. The predicted molar refractivity (Wildman–Crippen MR) is 72.9 cm³/mol. The fourth-order valence-corrected chi connectivity index (χ4v) is 3.21. The Balaban J connectivity index is 2.62. The largest absolute Gasteiger partial charge is 0.389 e. The molecule has 3 heteroatoms. The van der Waals surface area contributed by atoms with Crippen LogP contribution in [0, 0.1) is 11.8 Å². The predicted octanol–water partition coefficient (Wildman–Crippen LogP) is 1.84. The van der Waals surface area contributed by atoms with E-state index in [-0.39, 0.29) is 0 Å². The van der Waals surface area contributed by atoms with Gasteiger partial charge in [0.05, 0.1) is 5.60 Å². The number of likely N-dealkylation sites (N-methyl/N-ethyl adjacent to an activating group) is 1. The molecule has 0 saturated heterocycles. The SMILES string of the molecule is CCC1CCC(CN)C(N(C)CC(C)(C)O)C1. The van der Waals surface area contributed by atoms with Crippen LogP contribution in [0.15, 0.2) is 0 Å². The quantitative estimate of drug-likeness (QED) is 0.773. The number of nitrogens with two attached hydrogens (primary N) is 1. The van der Waals surface area contributed by atoms with Crippen molar-refractivity contribution < 1.29 is 5.11 Å². The van der Waals surface area contributed by atoms with Gasteiger partial charge in [-0.3, -0.25) is 0 Å². The van der Waals surface area contributed by atoms with Gasteiger partial charge in [-0.2, -0.15) is 0 Å². The van der Waals surface area contributed by atoms with E-state index < -0.39 is 5.60 Å². The zero-order valence-corrected chi connectivity index (χ0v) is 11.9. The van der Waals surface area contributed by atoms with Crippen molar-refractivity contribution in [2.75, 3.05) is 20.1 Å². The van der Waals surface area contributed by atoms with Crippen LogP contribution < -0.4 is 5.73 Å². The van der Waals surface area contributed by atoms with Crippen LogP contribution in [0.5, 0.6) is 0 Å². The van der Waals surface area contributed by atoms with Gasteiger partial charge in [0.15, 0.2) is 0 Å². The van der Waals surface area contributed by atoms with Crippen molar-refractivity contribution in [2.24, 2.45) is 17.6 Å². The van der Waals surface area contributed by atoms with Crippen molar-refractivity contribution >= 4 is 0 Å². The van der Waals surface area contributed by atoms with Gasteiger partial charge in [-0.15, -0.1) is 0 Å². The lowest BCUT2D eigenvalue weighted by molar-refractivity contribution is 0.00700. The molecule has 3 N–H and O–H groups in total. The first-order valence-corrected chi connectivity index (χ1v) is 7.00. The van der Waals surface area contributed by atoms with E-state index in [1.54, 1.807) is 0 Å². The fourth-order valence-electron chi connectivity index (χ4n) is 3.21. The molecule has 1 aliphatic carbocycles. The van der Waals surface area contributed by atoms with Crippen molar-refractivity contribution in [2.45, 2.75) is 58.1 Å². The molecular formula is C14H30N2O. The summed E-state index contributed by atoms with van der Waals surface area (Å²) in [5, 5.41) is 9.93. The number of aliphatic hydroxyl groups is 1. The van der Waals surface area contributed by atoms with Gasteiger partial charge >= 0.3 is 0 Å². The van der Waals surface area contributed by atoms with E-state index in [0.717, 1.165) is 19.0 Å². The molecule has 0 bridgehead atoms. The van der Waals surface area contributed by atoms with Crippen molar-refractivity contribution in [3.63, 3.8) is 0 Å². The fraction of sp³-hybridized carbons (Fsp3) is 1.00. The van der Waals surface area contributed by atoms with Gasteiger partial charge in [-0.1, -0.05) is 19.8 Å². The molecule has 1 fully saturated rings. The van der Waals surface area contributed by atoms with Crippen molar-refractivity contribution in [1.29, 1.82) is 0 Å². The minimum Gasteiger partial charge on any atom is -0.389 e. The molecule has 17 heavy (non-hydrogen) atoms. The van der Waals surface area contributed by atoms with E-state index in [1.807, 2.05) is 13.8 Å². The second-order valence-corrected chi connectivity index (χ2v) is 6.38. The Kier molecular flexibility index (Phi) is 5.42. The summed E-state index contributed by atoms with van der Waals surface area (Å²) in [6.07, 6.45) is 5.08. The first-order chi connectivity index (χ1) is 7.87. The second kappa shape index (κ2) is 6.17. The zero-order chi connectivity index (χ0) is 13.1. The van der Waals surface area contributed by atoms with Crippen LogP contribution in [0.2, 0.25) is 0 Å². The topological polar surface area (TPSA) is 49.5 Å². The molecule has 0 aromatic rings. The van der Waals surface area contributed by atoms with Crippen LogP contribution >= 0.6 is 0 Å². The monoisotopic (exact) mass is 242 g/mol. The molecule has 102 valence electrons. The number of rotatable bonds is 5. The summed E-state index contributed by atoms with van der Waals surface area (Å²) in [5.74, 6) is 1.44. The van der Waals surface area contributed by atoms with Crippen LogP contribution in [0.4, 0.5) is 0 Å². The highest BCUT2D eigenvalue weighted by Gasteiger charge is 2.33. The Hall–Kier alpha value is -0.120. The molecule has 3 atom stereocenters. The minimum absolute atomic E-state index is 0.546. The van der Waals surface area contributed by atoms with Gasteiger partial charge < -0.3 is 15.7 Å². The van der Waals surface area contributed by atoms with E-state index >= 15 is 0 Å². The Bertz CT molecular complexity index is 225. The summed E-state index contributed by atoms with van der Waals surface area (Å²) >= 11 is 0. The van der Waals surface area contributed by atoms with Crippen LogP contribution in [0.3, 0.4) is 0 Å². The number of hydrogen-bond donors (Lipinski definition) is 2. The lowest BCUT2D eigenvalue weighted by Crippen LogP contribution is -2.49. The normalized spacial score (nSPS) is 30.9. The first-order valence-electron chi connectivity index (χ1n) is 7.00. The molecule has 0 amide bonds. The molecule has 1 aliphatic rings. The summed E-state index contributed by atoms with van der Waals surface area (Å²) in [7, 11) is 2.13. The Morgan fingerprint density at radius 1 is 1.35 bits per heavy atom. The molecule has 3 unspecified atom stereocenters. The maximum absolute atomic E-state index is 9.93. The van der Waals surface area contributed by atoms with Crippen molar-refractivity contribution in [3.05, 3.63) is 0 Å². The summed E-state index contributed by atoms with van der Waals surface area (Å²) in [6, 6.07) is 0.546. The molecule has 0 heterocycles. The van der Waals surface area contributed by atoms with Crippen molar-refractivity contribution in [1.82, 2.24) is 4.90 Å². The molecule has 0 aliphatic heterocycles. The second-order valence-electron chi connectivity index (χ2n) is 6.38. The number of nitrogens with zero attached hydrogens (tertiary/aromatic N) is 1. The minimum atomic E-state index is -0.618. The van der Waals surface area contributed by atoms with E-state index in [1.165, 1.54) is 25.7 Å². The average Bonchev–Trinajstić information content (AvgIpc) is 2.25. The number of hydrogen-bond acceptors (Lipinski definition) is 3. The third kappa shape index (κ3) is 4.57. The highest BCUT2D eigenvalue weighted by molar-refractivity contribution is 4.87. The van der Waals surface area contributed by atoms with Gasteiger partial charge in [-0.05, 0) is 52.1 Å². The zero-order valence-electron chi connectivity index (χ0n) is 11.9. The first kappa shape index (κ1) is 14.9. The molecule has 0 aromatic carbocycles. The highest BCUT2D eigenvalue weighted by atomic mass is 16.3. The molecule has 0 aromatic heterocycles. The summed E-state index contributed by atoms with van der Waals surface area (Å²) < 4.78 is 0. The Labute approximate surface area is 106 Å². The van der Waals surface area contributed by atoms with Gasteiger partial charge in [0, 0.05) is 12.6 Å². The smallest absolute Gasteiger partial charge is 0.0718 e. The summed E-state index contributed by atoms with van der Waals surface area (Å²) in [5.41, 5.74) is 5.27. The molecule has 1 rings (SSSR count). The van der Waals surface area contributed by atoms with E-state index in [4.69, 9.17) is 5.73 Å². The van der Waals surface area contributed by atoms with Gasteiger partial charge in [0.1, 0.15) is 0 Å². The molecule has 0 spiro atoms. The molecular weight excluding hydrogens is 212 g/mol. The van der Waals surface area contributed by atoms with E-state index in [9.17, 15) is 5.11 Å². The summed E-state index contributed by atoms with van der Waals surface area (Å²) in [6.45, 7) is 7.53. The maximum Gasteiger partial charge on any atom is 0.0718 e. The molecule has 0 radical (unpaired) electrons. The molecule has 3 nitrogen and oxygen atoms in total. The van der Waals surface area contributed by atoms with Crippen molar-refractivity contribution in [3.8, 4) is 0 Å². The van der Waals surface area contributed by atoms with Crippen LogP contribution in [0.1, 0.15) is 46.5 Å². The van der Waals surface area contributed by atoms with Crippen LogP contribution in [-0.2, 0) is 0 Å².